The molecule has 0 saturated carbocycles. The maximum absolute atomic E-state index is 12.8. The summed E-state index contributed by atoms with van der Waals surface area (Å²) in [6.07, 6.45) is 1.98. The van der Waals surface area contributed by atoms with E-state index < -0.39 is 5.97 Å². The number of unbranched alkanes of at least 4 members (excludes halogenated alkanes) is 1. The molecule has 2 N–H and O–H groups in total. The molecule has 0 spiro atoms. The van der Waals surface area contributed by atoms with E-state index in [9.17, 15) is 9.59 Å². The van der Waals surface area contributed by atoms with Crippen molar-refractivity contribution < 1.29 is 19.1 Å². The van der Waals surface area contributed by atoms with E-state index >= 15 is 0 Å². The minimum Gasteiger partial charge on any atom is -0.494 e. The summed E-state index contributed by atoms with van der Waals surface area (Å²) in [5.41, 5.74) is 2.38. The monoisotopic (exact) mass is 484 g/mol. The van der Waals surface area contributed by atoms with Crippen LogP contribution in [0.3, 0.4) is 0 Å². The molecular formula is C25H32N4O4S. The van der Waals surface area contributed by atoms with E-state index in [1.165, 1.54) is 7.11 Å². The van der Waals surface area contributed by atoms with Crippen molar-refractivity contribution in [1.29, 1.82) is 0 Å². The van der Waals surface area contributed by atoms with E-state index in [0.29, 0.717) is 29.2 Å². The van der Waals surface area contributed by atoms with Crippen molar-refractivity contribution in [3.63, 3.8) is 0 Å². The molecule has 0 atom stereocenters. The van der Waals surface area contributed by atoms with Gasteiger partial charge < -0.3 is 24.6 Å². The van der Waals surface area contributed by atoms with Gasteiger partial charge in [0.15, 0.2) is 5.11 Å². The van der Waals surface area contributed by atoms with Crippen LogP contribution in [0.25, 0.3) is 0 Å². The van der Waals surface area contributed by atoms with Crippen LogP contribution < -0.4 is 20.3 Å². The Morgan fingerprint density at radius 3 is 2.53 bits per heavy atom. The Kier molecular flexibility index (Phi) is 9.24. The summed E-state index contributed by atoms with van der Waals surface area (Å²) in [7, 11) is 3.43. The molecule has 34 heavy (non-hydrogen) atoms. The largest absolute Gasteiger partial charge is 0.494 e. The maximum Gasteiger partial charge on any atom is 0.337 e. The van der Waals surface area contributed by atoms with Crippen molar-refractivity contribution in [3.8, 4) is 5.75 Å². The summed E-state index contributed by atoms with van der Waals surface area (Å²) >= 11 is 5.43. The quantitative estimate of drug-likeness (QED) is 0.335. The molecule has 1 aliphatic rings. The molecule has 0 aliphatic carbocycles. The van der Waals surface area contributed by atoms with Crippen molar-refractivity contribution in [2.45, 2.75) is 19.8 Å². The number of methoxy groups -OCH3 is 1. The fourth-order valence-corrected chi connectivity index (χ4v) is 3.80. The van der Waals surface area contributed by atoms with E-state index in [1.54, 1.807) is 30.3 Å². The van der Waals surface area contributed by atoms with Gasteiger partial charge in [-0.05, 0) is 62.1 Å². The lowest BCUT2D eigenvalue weighted by Gasteiger charge is -2.35. The van der Waals surface area contributed by atoms with Crippen molar-refractivity contribution in [3.05, 3.63) is 53.6 Å². The third kappa shape index (κ3) is 6.91. The SMILES string of the molecule is CCCCOc1cccc(C(=O)NC(=S)Nc2cc(C(=O)OC)ccc2N2CCN(C)CC2)c1. The first kappa shape index (κ1) is 25.5. The smallest absolute Gasteiger partial charge is 0.337 e. The summed E-state index contributed by atoms with van der Waals surface area (Å²) in [6.45, 7) is 6.23. The lowest BCUT2D eigenvalue weighted by Crippen LogP contribution is -2.45. The van der Waals surface area contributed by atoms with Gasteiger partial charge in [-0.2, -0.15) is 0 Å². The van der Waals surface area contributed by atoms with Gasteiger partial charge in [0.25, 0.3) is 5.91 Å². The number of ether oxygens (including phenoxy) is 2. The third-order valence-corrected chi connectivity index (χ3v) is 5.80. The van der Waals surface area contributed by atoms with Crippen LogP contribution in [-0.4, -0.2) is 68.8 Å². The summed E-state index contributed by atoms with van der Waals surface area (Å²) in [4.78, 5) is 29.4. The zero-order valence-electron chi connectivity index (χ0n) is 19.9. The number of esters is 1. The number of nitrogens with zero attached hydrogens (tertiary/aromatic N) is 2. The Morgan fingerprint density at radius 1 is 1.06 bits per heavy atom. The number of carbonyl (C=O) groups excluding carboxylic acids is 2. The first-order valence-corrected chi connectivity index (χ1v) is 11.8. The van der Waals surface area contributed by atoms with Gasteiger partial charge in [-0.25, -0.2) is 4.79 Å². The van der Waals surface area contributed by atoms with Crippen LogP contribution in [0, 0.1) is 0 Å². The highest BCUT2D eigenvalue weighted by atomic mass is 32.1. The minimum atomic E-state index is -0.442. The molecule has 1 amide bonds. The van der Waals surface area contributed by atoms with Gasteiger partial charge >= 0.3 is 5.97 Å². The second-order valence-electron chi connectivity index (χ2n) is 8.15. The van der Waals surface area contributed by atoms with Crippen molar-refractivity contribution >= 4 is 40.6 Å². The molecular weight excluding hydrogens is 452 g/mol. The van der Waals surface area contributed by atoms with Gasteiger partial charge in [-0.15, -0.1) is 0 Å². The molecule has 0 bridgehead atoms. The molecule has 9 heteroatoms. The molecule has 182 valence electrons. The number of benzene rings is 2. The number of carbonyl (C=O) groups is 2. The zero-order valence-corrected chi connectivity index (χ0v) is 20.7. The van der Waals surface area contributed by atoms with Gasteiger partial charge in [-0.1, -0.05) is 19.4 Å². The standard InChI is InChI=1S/C25H32N4O4S/c1-4-5-15-33-20-8-6-7-18(16-20)23(30)27-25(34)26-21-17-19(24(31)32-3)9-10-22(21)29-13-11-28(2)12-14-29/h6-10,16-17H,4-5,11-15H2,1-3H3,(H2,26,27,30,34). The lowest BCUT2D eigenvalue weighted by molar-refractivity contribution is 0.0600. The number of rotatable bonds is 8. The average molecular weight is 485 g/mol. The second-order valence-corrected chi connectivity index (χ2v) is 8.56. The number of anilines is 2. The van der Waals surface area contributed by atoms with Crippen LogP contribution >= 0.6 is 12.2 Å². The van der Waals surface area contributed by atoms with Gasteiger partial charge in [0.1, 0.15) is 5.75 Å². The fourth-order valence-electron chi connectivity index (χ4n) is 3.59. The number of likely N-dealkylation sites (N-methyl/N-ethyl adjacent to an activating group) is 1. The Bertz CT molecular complexity index is 1020. The van der Waals surface area contributed by atoms with Gasteiger partial charge in [0.2, 0.25) is 0 Å². The molecule has 2 aromatic carbocycles. The normalized spacial score (nSPS) is 13.8. The van der Waals surface area contributed by atoms with Crippen LogP contribution in [-0.2, 0) is 4.74 Å². The Morgan fingerprint density at radius 2 is 1.82 bits per heavy atom. The topological polar surface area (TPSA) is 83.1 Å². The molecule has 3 rings (SSSR count). The van der Waals surface area contributed by atoms with Gasteiger partial charge in [-0.3, -0.25) is 10.1 Å². The number of thiocarbonyl (C=S) groups is 1. The molecule has 0 radical (unpaired) electrons. The number of nitrogens with one attached hydrogen (secondary N) is 2. The average Bonchev–Trinajstić information content (AvgIpc) is 2.84. The van der Waals surface area contributed by atoms with Gasteiger partial charge in [0, 0.05) is 31.7 Å². The zero-order chi connectivity index (χ0) is 24.5. The van der Waals surface area contributed by atoms with Crippen LogP contribution in [0.1, 0.15) is 40.5 Å². The summed E-state index contributed by atoms with van der Waals surface area (Å²) < 4.78 is 10.6. The number of hydrogen-bond donors (Lipinski definition) is 2. The molecule has 1 aliphatic heterocycles. The molecule has 1 fully saturated rings. The van der Waals surface area contributed by atoms with E-state index in [2.05, 4.69) is 34.4 Å². The van der Waals surface area contributed by atoms with Crippen molar-refractivity contribution in [2.75, 3.05) is 57.2 Å². The van der Waals surface area contributed by atoms with E-state index in [4.69, 9.17) is 21.7 Å². The number of amides is 1. The highest BCUT2D eigenvalue weighted by molar-refractivity contribution is 7.80. The molecule has 2 aromatic rings. The Hall–Kier alpha value is -3.17. The maximum atomic E-state index is 12.8. The first-order chi connectivity index (χ1) is 16.4. The fraction of sp³-hybridized carbons (Fsp3) is 0.400. The highest BCUT2D eigenvalue weighted by Crippen LogP contribution is 2.28. The molecule has 8 nitrogen and oxygen atoms in total. The first-order valence-electron chi connectivity index (χ1n) is 11.4. The molecule has 1 saturated heterocycles. The Labute approximate surface area is 206 Å². The van der Waals surface area contributed by atoms with Crippen molar-refractivity contribution in [1.82, 2.24) is 10.2 Å². The Balaban J connectivity index is 1.73. The predicted octanol–water partition coefficient (Wildman–Crippen LogP) is 3.53. The number of piperazine rings is 1. The van der Waals surface area contributed by atoms with Gasteiger partial charge in [0.05, 0.1) is 30.7 Å². The minimum absolute atomic E-state index is 0.139. The highest BCUT2D eigenvalue weighted by Gasteiger charge is 2.20. The van der Waals surface area contributed by atoms with Crippen LogP contribution in [0.5, 0.6) is 5.75 Å². The van der Waals surface area contributed by atoms with E-state index in [0.717, 1.165) is 44.7 Å². The van der Waals surface area contributed by atoms with Crippen LogP contribution in [0.2, 0.25) is 0 Å². The molecule has 0 aromatic heterocycles. The number of hydrogen-bond acceptors (Lipinski definition) is 7. The third-order valence-electron chi connectivity index (χ3n) is 5.60. The summed E-state index contributed by atoms with van der Waals surface area (Å²) in [5, 5.41) is 5.96. The van der Waals surface area contributed by atoms with Crippen LogP contribution in [0.4, 0.5) is 11.4 Å². The van der Waals surface area contributed by atoms with Crippen LogP contribution in [0.15, 0.2) is 42.5 Å². The molecule has 1 heterocycles. The van der Waals surface area contributed by atoms with E-state index in [-0.39, 0.29) is 11.0 Å². The van der Waals surface area contributed by atoms with Crippen molar-refractivity contribution in [2.24, 2.45) is 0 Å². The lowest BCUT2D eigenvalue weighted by atomic mass is 10.1. The second kappa shape index (κ2) is 12.3. The predicted molar refractivity (Wildman–Crippen MR) is 138 cm³/mol. The molecule has 0 unspecified atom stereocenters. The summed E-state index contributed by atoms with van der Waals surface area (Å²) in [5.74, 6) is -0.144. The van der Waals surface area contributed by atoms with E-state index in [1.807, 2.05) is 12.1 Å². The summed E-state index contributed by atoms with van der Waals surface area (Å²) in [6, 6.07) is 12.3.